The van der Waals surface area contributed by atoms with Gasteiger partial charge in [0, 0.05) is 18.2 Å². The van der Waals surface area contributed by atoms with Crippen molar-refractivity contribution in [2.24, 2.45) is 0 Å². The second-order valence-electron chi connectivity index (χ2n) is 4.67. The molecule has 106 valence electrons. The highest BCUT2D eigenvalue weighted by molar-refractivity contribution is 5.54. The molecule has 0 saturated carbocycles. The number of pyridine rings is 1. The first kappa shape index (κ1) is 14.2. The predicted molar refractivity (Wildman–Crippen MR) is 81.5 cm³/mol. The minimum absolute atomic E-state index is 0.538. The molecule has 3 N–H and O–H groups in total. The normalized spacial score (nSPS) is 10.6. The van der Waals surface area contributed by atoms with Gasteiger partial charge in [-0.05, 0) is 25.0 Å². The molecule has 5 heteroatoms. The minimum Gasteiger partial charge on any atom is -0.383 e. The van der Waals surface area contributed by atoms with E-state index < -0.39 is 0 Å². The molecule has 2 heterocycles. The second kappa shape index (κ2) is 6.32. The number of anilines is 2. The summed E-state index contributed by atoms with van der Waals surface area (Å²) in [5.74, 6) is 2.09. The maximum Gasteiger partial charge on any atom is 0.135 e. The Kier molecular flexibility index (Phi) is 4.50. The summed E-state index contributed by atoms with van der Waals surface area (Å²) in [7, 11) is 0. The van der Waals surface area contributed by atoms with E-state index in [2.05, 4.69) is 33.3 Å². The summed E-state index contributed by atoms with van der Waals surface area (Å²) in [5, 5.41) is 3.33. The lowest BCUT2D eigenvalue weighted by Crippen LogP contribution is -2.11. The monoisotopic (exact) mass is 271 g/mol. The van der Waals surface area contributed by atoms with E-state index in [1.165, 1.54) is 5.56 Å². The van der Waals surface area contributed by atoms with Crippen LogP contribution in [0, 0.1) is 6.92 Å². The number of hydrogen-bond acceptors (Lipinski definition) is 5. The molecule has 0 aliphatic carbocycles. The van der Waals surface area contributed by atoms with Crippen LogP contribution in [0.25, 0.3) is 0 Å². The van der Waals surface area contributed by atoms with Gasteiger partial charge in [-0.3, -0.25) is 4.98 Å². The van der Waals surface area contributed by atoms with Crippen LogP contribution in [-0.2, 0) is 19.4 Å². The van der Waals surface area contributed by atoms with Gasteiger partial charge in [0.25, 0.3) is 0 Å². The molecule has 0 fully saturated rings. The number of hydrogen-bond donors (Lipinski definition) is 2. The van der Waals surface area contributed by atoms with Crippen LogP contribution in [0.15, 0.2) is 18.3 Å². The molecule has 0 atom stereocenters. The highest BCUT2D eigenvalue weighted by Gasteiger charge is 2.08. The van der Waals surface area contributed by atoms with Crippen molar-refractivity contribution in [2.75, 3.05) is 11.1 Å². The Morgan fingerprint density at radius 1 is 1.20 bits per heavy atom. The molecule has 0 spiro atoms. The second-order valence-corrected chi connectivity index (χ2v) is 4.67. The minimum atomic E-state index is 0.538. The number of aryl methyl sites for hydroxylation is 2. The fraction of sp³-hybridized carbons (Fsp3) is 0.400. The van der Waals surface area contributed by atoms with Crippen LogP contribution < -0.4 is 11.1 Å². The Morgan fingerprint density at radius 2 is 2.00 bits per heavy atom. The van der Waals surface area contributed by atoms with E-state index in [0.717, 1.165) is 35.7 Å². The third-order valence-electron chi connectivity index (χ3n) is 3.33. The Hall–Kier alpha value is -2.17. The maximum atomic E-state index is 5.92. The molecular weight excluding hydrogens is 250 g/mol. The third kappa shape index (κ3) is 3.04. The largest absolute Gasteiger partial charge is 0.383 e. The van der Waals surface area contributed by atoms with Crippen molar-refractivity contribution in [3.63, 3.8) is 0 Å². The molecule has 0 radical (unpaired) electrons. The quantitative estimate of drug-likeness (QED) is 0.873. The molecule has 5 nitrogen and oxygen atoms in total. The lowest BCUT2D eigenvalue weighted by atomic mass is 10.1. The lowest BCUT2D eigenvalue weighted by Gasteiger charge is -2.12. The standard InChI is InChI=1S/C15H21N5/c1-4-11-7-6-8-17-12(11)9-18-15-10(3)14(16)19-13(5-2)20-15/h6-8H,4-5,9H2,1-3H3,(H3,16,18,19,20). The van der Waals surface area contributed by atoms with Crippen molar-refractivity contribution in [3.05, 3.63) is 41.0 Å². The van der Waals surface area contributed by atoms with Gasteiger partial charge < -0.3 is 11.1 Å². The molecular formula is C15H21N5. The van der Waals surface area contributed by atoms with Gasteiger partial charge in [0.05, 0.1) is 12.2 Å². The summed E-state index contributed by atoms with van der Waals surface area (Å²) in [5.41, 5.74) is 9.09. The van der Waals surface area contributed by atoms with Crippen molar-refractivity contribution in [2.45, 2.75) is 40.2 Å². The average molecular weight is 271 g/mol. The van der Waals surface area contributed by atoms with Crippen LogP contribution in [-0.4, -0.2) is 15.0 Å². The van der Waals surface area contributed by atoms with Gasteiger partial charge in [-0.25, -0.2) is 9.97 Å². The van der Waals surface area contributed by atoms with Crippen LogP contribution in [0.1, 0.15) is 36.5 Å². The number of nitrogens with one attached hydrogen (secondary N) is 1. The zero-order valence-corrected chi connectivity index (χ0v) is 12.3. The predicted octanol–water partition coefficient (Wildman–Crippen LogP) is 2.50. The first-order chi connectivity index (χ1) is 9.65. The highest BCUT2D eigenvalue weighted by Crippen LogP contribution is 2.18. The van der Waals surface area contributed by atoms with E-state index in [1.54, 1.807) is 0 Å². The van der Waals surface area contributed by atoms with E-state index >= 15 is 0 Å². The summed E-state index contributed by atoms with van der Waals surface area (Å²) in [6, 6.07) is 4.06. The Labute approximate surface area is 119 Å². The summed E-state index contributed by atoms with van der Waals surface area (Å²) in [6.07, 6.45) is 3.55. The van der Waals surface area contributed by atoms with Crippen LogP contribution in [0.3, 0.4) is 0 Å². The average Bonchev–Trinajstić information content (AvgIpc) is 2.48. The topological polar surface area (TPSA) is 76.7 Å². The van der Waals surface area contributed by atoms with E-state index in [0.29, 0.717) is 12.4 Å². The molecule has 0 unspecified atom stereocenters. The molecule has 0 aromatic carbocycles. The van der Waals surface area contributed by atoms with Crippen LogP contribution in [0.5, 0.6) is 0 Å². The van der Waals surface area contributed by atoms with E-state index in [1.807, 2.05) is 26.1 Å². The molecule has 2 rings (SSSR count). The van der Waals surface area contributed by atoms with Gasteiger partial charge in [0.2, 0.25) is 0 Å². The van der Waals surface area contributed by atoms with Gasteiger partial charge in [-0.15, -0.1) is 0 Å². The van der Waals surface area contributed by atoms with Gasteiger partial charge in [-0.1, -0.05) is 19.9 Å². The van der Waals surface area contributed by atoms with E-state index in [-0.39, 0.29) is 0 Å². The zero-order valence-electron chi connectivity index (χ0n) is 12.3. The van der Waals surface area contributed by atoms with Crippen LogP contribution >= 0.6 is 0 Å². The zero-order chi connectivity index (χ0) is 14.5. The first-order valence-electron chi connectivity index (χ1n) is 6.95. The number of rotatable bonds is 5. The third-order valence-corrected chi connectivity index (χ3v) is 3.33. The number of aromatic nitrogens is 3. The van der Waals surface area contributed by atoms with Gasteiger partial charge >= 0.3 is 0 Å². The summed E-state index contributed by atoms with van der Waals surface area (Å²) in [4.78, 5) is 13.2. The molecule has 20 heavy (non-hydrogen) atoms. The molecule has 0 aliphatic rings. The van der Waals surface area contributed by atoms with E-state index in [4.69, 9.17) is 5.73 Å². The summed E-state index contributed by atoms with van der Waals surface area (Å²) < 4.78 is 0. The van der Waals surface area contributed by atoms with Crippen molar-refractivity contribution in [1.82, 2.24) is 15.0 Å². The molecule has 0 aliphatic heterocycles. The van der Waals surface area contributed by atoms with Gasteiger partial charge in [0.1, 0.15) is 17.5 Å². The van der Waals surface area contributed by atoms with Gasteiger partial charge in [-0.2, -0.15) is 0 Å². The number of nitrogens with zero attached hydrogens (tertiary/aromatic N) is 3. The lowest BCUT2D eigenvalue weighted by molar-refractivity contribution is 0.914. The number of nitrogen functional groups attached to an aromatic ring is 1. The van der Waals surface area contributed by atoms with Gasteiger partial charge in [0.15, 0.2) is 0 Å². The fourth-order valence-electron chi connectivity index (χ4n) is 2.03. The Balaban J connectivity index is 2.20. The van der Waals surface area contributed by atoms with E-state index in [9.17, 15) is 0 Å². The highest BCUT2D eigenvalue weighted by atomic mass is 15.1. The molecule has 2 aromatic rings. The van der Waals surface area contributed by atoms with Crippen molar-refractivity contribution in [1.29, 1.82) is 0 Å². The fourth-order valence-corrected chi connectivity index (χ4v) is 2.03. The maximum absolute atomic E-state index is 5.92. The summed E-state index contributed by atoms with van der Waals surface area (Å²) in [6.45, 7) is 6.71. The summed E-state index contributed by atoms with van der Waals surface area (Å²) >= 11 is 0. The van der Waals surface area contributed by atoms with Crippen molar-refractivity contribution >= 4 is 11.6 Å². The molecule has 0 amide bonds. The van der Waals surface area contributed by atoms with Crippen molar-refractivity contribution < 1.29 is 0 Å². The van der Waals surface area contributed by atoms with Crippen molar-refractivity contribution in [3.8, 4) is 0 Å². The first-order valence-corrected chi connectivity index (χ1v) is 6.95. The molecule has 2 aromatic heterocycles. The number of nitrogens with two attached hydrogens (primary N) is 1. The Morgan fingerprint density at radius 3 is 2.70 bits per heavy atom. The SMILES string of the molecule is CCc1nc(N)c(C)c(NCc2ncccc2CC)n1. The molecule has 0 bridgehead atoms. The Bertz CT molecular complexity index is 595. The smallest absolute Gasteiger partial charge is 0.135 e. The molecule has 0 saturated heterocycles. The van der Waals surface area contributed by atoms with Crippen LogP contribution in [0.4, 0.5) is 11.6 Å². The van der Waals surface area contributed by atoms with Crippen LogP contribution in [0.2, 0.25) is 0 Å².